The molecule has 0 bridgehead atoms. The number of benzene rings is 2. The van der Waals surface area contributed by atoms with Crippen LogP contribution in [0.25, 0.3) is 0 Å². The number of amides is 2. The van der Waals surface area contributed by atoms with E-state index >= 15 is 0 Å². The number of piperidine rings is 1. The van der Waals surface area contributed by atoms with Gasteiger partial charge in [-0.15, -0.1) is 0 Å². The van der Waals surface area contributed by atoms with E-state index in [0.29, 0.717) is 42.6 Å². The highest BCUT2D eigenvalue weighted by molar-refractivity contribution is 6.36. The second-order valence-corrected chi connectivity index (χ2v) is 7.15. The topological polar surface area (TPSA) is 49.4 Å². The highest BCUT2D eigenvalue weighted by Gasteiger charge is 2.29. The van der Waals surface area contributed by atoms with Crippen LogP contribution in [-0.2, 0) is 4.79 Å². The zero-order valence-corrected chi connectivity index (χ0v) is 15.7. The van der Waals surface area contributed by atoms with Gasteiger partial charge in [-0.1, -0.05) is 23.2 Å². The summed E-state index contributed by atoms with van der Waals surface area (Å²) in [5, 5.41) is 3.20. The normalized spacial score (nSPS) is 14.9. The maximum absolute atomic E-state index is 13.7. The Bertz CT molecular complexity index is 884. The van der Waals surface area contributed by atoms with Gasteiger partial charge in [0.15, 0.2) is 0 Å². The molecule has 2 amide bonds. The number of hydrogen-bond acceptors (Lipinski definition) is 2. The number of nitrogens with zero attached hydrogens (tertiary/aromatic N) is 1. The fraction of sp³-hybridized carbons (Fsp3) is 0.263. The van der Waals surface area contributed by atoms with Crippen LogP contribution in [0.1, 0.15) is 23.2 Å². The van der Waals surface area contributed by atoms with E-state index in [0.717, 1.165) is 6.07 Å². The molecule has 1 N–H and O–H groups in total. The standard InChI is InChI=1S/C19H16Cl2F2N2O2/c20-12-1-3-14(15(21)9-12)19(27)25-7-5-11(6-8-25)18(26)24-17-4-2-13(22)10-16(17)23/h1-4,9-11H,5-8H2,(H,24,26). The molecule has 1 heterocycles. The molecule has 3 rings (SSSR count). The van der Waals surface area contributed by atoms with E-state index in [9.17, 15) is 18.4 Å². The summed E-state index contributed by atoms with van der Waals surface area (Å²) in [7, 11) is 0. The number of carbonyl (C=O) groups is 2. The maximum atomic E-state index is 13.7. The first-order chi connectivity index (χ1) is 12.8. The molecule has 1 saturated heterocycles. The van der Waals surface area contributed by atoms with E-state index in [1.165, 1.54) is 12.1 Å². The lowest BCUT2D eigenvalue weighted by Gasteiger charge is -2.31. The first-order valence-electron chi connectivity index (χ1n) is 8.35. The highest BCUT2D eigenvalue weighted by Crippen LogP contribution is 2.26. The van der Waals surface area contributed by atoms with E-state index in [4.69, 9.17) is 23.2 Å². The van der Waals surface area contributed by atoms with Gasteiger partial charge in [0, 0.05) is 30.1 Å². The molecule has 0 aromatic heterocycles. The van der Waals surface area contributed by atoms with E-state index in [-0.39, 0.29) is 28.4 Å². The SMILES string of the molecule is O=C(Nc1ccc(F)cc1F)C1CCN(C(=O)c2ccc(Cl)cc2Cl)CC1. The Balaban J connectivity index is 1.59. The third-order valence-electron chi connectivity index (χ3n) is 4.50. The minimum atomic E-state index is -0.826. The molecule has 142 valence electrons. The van der Waals surface area contributed by atoms with Crippen molar-refractivity contribution < 1.29 is 18.4 Å². The lowest BCUT2D eigenvalue weighted by atomic mass is 9.95. The molecular formula is C19H16Cl2F2N2O2. The van der Waals surface area contributed by atoms with Crippen LogP contribution in [0.3, 0.4) is 0 Å². The zero-order chi connectivity index (χ0) is 19.6. The van der Waals surface area contributed by atoms with Gasteiger partial charge in [-0.25, -0.2) is 8.78 Å². The summed E-state index contributed by atoms with van der Waals surface area (Å²) >= 11 is 11.9. The molecule has 4 nitrogen and oxygen atoms in total. The van der Waals surface area contributed by atoms with Crippen LogP contribution < -0.4 is 5.32 Å². The molecule has 2 aromatic rings. The number of anilines is 1. The lowest BCUT2D eigenvalue weighted by molar-refractivity contribution is -0.121. The third-order valence-corrected chi connectivity index (χ3v) is 5.05. The number of carbonyl (C=O) groups excluding carboxylic acids is 2. The van der Waals surface area contributed by atoms with Gasteiger partial charge in [0.1, 0.15) is 11.6 Å². The predicted octanol–water partition coefficient (Wildman–Crippen LogP) is 4.76. The summed E-state index contributed by atoms with van der Waals surface area (Å²) in [6.45, 7) is 0.754. The van der Waals surface area contributed by atoms with Crippen LogP contribution in [-0.4, -0.2) is 29.8 Å². The number of nitrogens with one attached hydrogen (secondary N) is 1. The molecule has 1 aliphatic heterocycles. The van der Waals surface area contributed by atoms with E-state index in [1.54, 1.807) is 17.0 Å². The second-order valence-electron chi connectivity index (χ2n) is 6.30. The lowest BCUT2D eigenvalue weighted by Crippen LogP contribution is -2.41. The van der Waals surface area contributed by atoms with Crippen LogP contribution in [0.5, 0.6) is 0 Å². The maximum Gasteiger partial charge on any atom is 0.255 e. The molecular weight excluding hydrogens is 397 g/mol. The van der Waals surface area contributed by atoms with Gasteiger partial charge in [-0.05, 0) is 43.2 Å². The summed E-state index contributed by atoms with van der Waals surface area (Å²) in [5.41, 5.74) is 0.296. The van der Waals surface area contributed by atoms with Crippen molar-refractivity contribution in [3.63, 3.8) is 0 Å². The van der Waals surface area contributed by atoms with E-state index < -0.39 is 11.6 Å². The smallest absolute Gasteiger partial charge is 0.255 e. The Kier molecular flexibility index (Phi) is 5.97. The van der Waals surface area contributed by atoms with Crippen LogP contribution in [0.4, 0.5) is 14.5 Å². The van der Waals surface area contributed by atoms with Gasteiger partial charge in [0.2, 0.25) is 5.91 Å². The first kappa shape index (κ1) is 19.6. The number of rotatable bonds is 3. The van der Waals surface area contributed by atoms with Crippen molar-refractivity contribution in [1.82, 2.24) is 4.90 Å². The van der Waals surface area contributed by atoms with Crippen molar-refractivity contribution in [3.05, 3.63) is 63.6 Å². The third kappa shape index (κ3) is 4.57. The first-order valence-corrected chi connectivity index (χ1v) is 9.11. The highest BCUT2D eigenvalue weighted by atomic mass is 35.5. The molecule has 27 heavy (non-hydrogen) atoms. The molecule has 0 saturated carbocycles. The molecule has 2 aromatic carbocycles. The fourth-order valence-corrected chi connectivity index (χ4v) is 3.49. The Morgan fingerprint density at radius 1 is 1.04 bits per heavy atom. The molecule has 0 spiro atoms. The largest absolute Gasteiger partial charge is 0.339 e. The molecule has 0 radical (unpaired) electrons. The number of halogens is 4. The number of hydrogen-bond donors (Lipinski definition) is 1. The quantitative estimate of drug-likeness (QED) is 0.789. The zero-order valence-electron chi connectivity index (χ0n) is 14.1. The van der Waals surface area contributed by atoms with Crippen LogP contribution >= 0.6 is 23.2 Å². The van der Waals surface area contributed by atoms with Crippen molar-refractivity contribution in [2.75, 3.05) is 18.4 Å². The van der Waals surface area contributed by atoms with Gasteiger partial charge in [-0.2, -0.15) is 0 Å². The number of likely N-dealkylation sites (tertiary alicyclic amines) is 1. The molecule has 0 unspecified atom stereocenters. The summed E-state index contributed by atoms with van der Waals surface area (Å²) in [5.74, 6) is -2.47. The summed E-state index contributed by atoms with van der Waals surface area (Å²) < 4.78 is 26.6. The van der Waals surface area contributed by atoms with Gasteiger partial charge < -0.3 is 10.2 Å². The average molecular weight is 413 g/mol. The predicted molar refractivity (Wildman–Crippen MR) is 100 cm³/mol. The monoisotopic (exact) mass is 412 g/mol. The summed E-state index contributed by atoms with van der Waals surface area (Å²) in [6, 6.07) is 7.65. The van der Waals surface area contributed by atoms with Crippen molar-refractivity contribution in [2.24, 2.45) is 5.92 Å². The average Bonchev–Trinajstić information content (AvgIpc) is 2.63. The van der Waals surface area contributed by atoms with Crippen molar-refractivity contribution in [2.45, 2.75) is 12.8 Å². The molecule has 1 fully saturated rings. The van der Waals surface area contributed by atoms with Gasteiger partial charge in [0.25, 0.3) is 5.91 Å². The molecule has 8 heteroatoms. The fourth-order valence-electron chi connectivity index (χ4n) is 3.00. The van der Waals surface area contributed by atoms with E-state index in [1.807, 2.05) is 0 Å². The molecule has 0 aliphatic carbocycles. The summed E-state index contributed by atoms with van der Waals surface area (Å²) in [4.78, 5) is 26.5. The molecule has 0 atom stereocenters. The van der Waals surface area contributed by atoms with E-state index in [2.05, 4.69) is 5.32 Å². The van der Waals surface area contributed by atoms with Gasteiger partial charge >= 0.3 is 0 Å². The Labute approximate surface area is 165 Å². The van der Waals surface area contributed by atoms with Gasteiger partial charge in [-0.3, -0.25) is 9.59 Å². The van der Waals surface area contributed by atoms with Crippen molar-refractivity contribution >= 4 is 40.7 Å². The Morgan fingerprint density at radius 2 is 1.74 bits per heavy atom. The van der Waals surface area contributed by atoms with Gasteiger partial charge in [0.05, 0.1) is 16.3 Å². The minimum absolute atomic E-state index is 0.0622. The Hall–Kier alpha value is -2.18. The second kappa shape index (κ2) is 8.23. The minimum Gasteiger partial charge on any atom is -0.339 e. The van der Waals surface area contributed by atoms with Crippen molar-refractivity contribution in [1.29, 1.82) is 0 Å². The van der Waals surface area contributed by atoms with Crippen LogP contribution in [0.15, 0.2) is 36.4 Å². The Morgan fingerprint density at radius 3 is 2.37 bits per heavy atom. The summed E-state index contributed by atoms with van der Waals surface area (Å²) in [6.07, 6.45) is 0.872. The van der Waals surface area contributed by atoms with Crippen LogP contribution in [0.2, 0.25) is 10.0 Å². The van der Waals surface area contributed by atoms with Crippen molar-refractivity contribution in [3.8, 4) is 0 Å². The van der Waals surface area contributed by atoms with Crippen LogP contribution in [0, 0.1) is 17.6 Å². The molecule has 1 aliphatic rings.